The van der Waals surface area contributed by atoms with Gasteiger partial charge in [-0.1, -0.05) is 6.92 Å². The Labute approximate surface area is 82.3 Å². The fourth-order valence-corrected chi connectivity index (χ4v) is 2.36. The second kappa shape index (κ2) is 3.12. The zero-order valence-electron chi connectivity index (χ0n) is 8.37. The molecule has 0 bridgehead atoms. The van der Waals surface area contributed by atoms with E-state index < -0.39 is 5.97 Å². The maximum atomic E-state index is 10.7. The number of rotatable bonds is 2. The van der Waals surface area contributed by atoms with Crippen molar-refractivity contribution in [3.05, 3.63) is 17.0 Å². The van der Waals surface area contributed by atoms with E-state index in [0.29, 0.717) is 5.92 Å². The van der Waals surface area contributed by atoms with E-state index in [9.17, 15) is 4.79 Å². The SMILES string of the molecule is Cc1[nH]nc2c1C(CC(=O)O)C(C)C2. The maximum Gasteiger partial charge on any atom is 0.303 e. The normalized spacial score (nSPS) is 25.0. The Morgan fingerprint density at radius 3 is 3.07 bits per heavy atom. The molecule has 4 nitrogen and oxygen atoms in total. The number of aromatic amines is 1. The van der Waals surface area contributed by atoms with Crippen molar-refractivity contribution in [3.63, 3.8) is 0 Å². The molecule has 0 radical (unpaired) electrons. The van der Waals surface area contributed by atoms with E-state index >= 15 is 0 Å². The second-order valence-corrected chi connectivity index (χ2v) is 4.09. The molecule has 1 aliphatic rings. The van der Waals surface area contributed by atoms with Crippen molar-refractivity contribution in [2.45, 2.75) is 32.6 Å². The molecule has 1 aliphatic carbocycles. The first kappa shape index (κ1) is 9.24. The van der Waals surface area contributed by atoms with Gasteiger partial charge in [0.1, 0.15) is 0 Å². The number of H-pyrrole nitrogens is 1. The number of fused-ring (bicyclic) bond motifs is 1. The number of hydrogen-bond acceptors (Lipinski definition) is 2. The average Bonchev–Trinajstić information content (AvgIpc) is 2.56. The van der Waals surface area contributed by atoms with Gasteiger partial charge in [0.05, 0.1) is 12.1 Å². The summed E-state index contributed by atoms with van der Waals surface area (Å²) >= 11 is 0. The summed E-state index contributed by atoms with van der Waals surface area (Å²) in [5.74, 6) is -0.187. The monoisotopic (exact) mass is 194 g/mol. The van der Waals surface area contributed by atoms with Gasteiger partial charge < -0.3 is 5.11 Å². The predicted octanol–water partition coefficient (Wildman–Crippen LogP) is 1.47. The summed E-state index contributed by atoms with van der Waals surface area (Å²) in [4.78, 5) is 10.7. The Bertz CT molecular complexity index is 370. The van der Waals surface area contributed by atoms with E-state index in [1.165, 1.54) is 0 Å². The first-order chi connectivity index (χ1) is 6.59. The highest BCUT2D eigenvalue weighted by Crippen LogP contribution is 2.40. The molecule has 2 unspecified atom stereocenters. The third kappa shape index (κ3) is 1.31. The number of aliphatic carboxylic acids is 1. The van der Waals surface area contributed by atoms with Gasteiger partial charge in [-0.2, -0.15) is 5.10 Å². The molecular weight excluding hydrogens is 180 g/mol. The molecule has 1 heterocycles. The Morgan fingerprint density at radius 2 is 2.43 bits per heavy atom. The van der Waals surface area contributed by atoms with Crippen LogP contribution in [-0.4, -0.2) is 21.3 Å². The standard InChI is InChI=1S/C10H14N2O2/c1-5-3-8-10(6(2)11-12-8)7(5)4-9(13)14/h5,7H,3-4H2,1-2H3,(H,11,12)(H,13,14). The Morgan fingerprint density at radius 1 is 1.71 bits per heavy atom. The van der Waals surface area contributed by atoms with Crippen LogP contribution in [0, 0.1) is 12.8 Å². The van der Waals surface area contributed by atoms with Crippen molar-refractivity contribution in [1.82, 2.24) is 10.2 Å². The number of carboxylic acid groups (broad SMARTS) is 1. The summed E-state index contributed by atoms with van der Waals surface area (Å²) in [5, 5.41) is 15.9. The maximum absolute atomic E-state index is 10.7. The van der Waals surface area contributed by atoms with Crippen LogP contribution in [0.25, 0.3) is 0 Å². The van der Waals surface area contributed by atoms with Crippen LogP contribution >= 0.6 is 0 Å². The van der Waals surface area contributed by atoms with Crippen LogP contribution in [0.3, 0.4) is 0 Å². The number of aryl methyl sites for hydroxylation is 1. The van der Waals surface area contributed by atoms with E-state index in [1.54, 1.807) is 0 Å². The number of carbonyl (C=O) groups is 1. The quantitative estimate of drug-likeness (QED) is 0.749. The first-order valence-electron chi connectivity index (χ1n) is 4.85. The molecule has 0 fully saturated rings. The van der Waals surface area contributed by atoms with E-state index in [0.717, 1.165) is 23.4 Å². The molecule has 0 amide bonds. The van der Waals surface area contributed by atoms with Crippen LogP contribution in [-0.2, 0) is 11.2 Å². The molecular formula is C10H14N2O2. The predicted molar refractivity (Wildman–Crippen MR) is 51.2 cm³/mol. The Hall–Kier alpha value is -1.32. The van der Waals surface area contributed by atoms with Gasteiger partial charge in [-0.3, -0.25) is 9.89 Å². The van der Waals surface area contributed by atoms with Crippen LogP contribution in [0.2, 0.25) is 0 Å². The molecule has 2 atom stereocenters. The molecule has 0 saturated carbocycles. The number of nitrogens with one attached hydrogen (secondary N) is 1. The van der Waals surface area contributed by atoms with Crippen molar-refractivity contribution in [2.24, 2.45) is 5.92 Å². The zero-order valence-corrected chi connectivity index (χ0v) is 8.37. The molecule has 0 spiro atoms. The highest BCUT2D eigenvalue weighted by Gasteiger charge is 2.34. The summed E-state index contributed by atoms with van der Waals surface area (Å²) in [7, 11) is 0. The highest BCUT2D eigenvalue weighted by atomic mass is 16.4. The minimum absolute atomic E-state index is 0.140. The van der Waals surface area contributed by atoms with Crippen LogP contribution in [0.4, 0.5) is 0 Å². The van der Waals surface area contributed by atoms with Gasteiger partial charge in [-0.15, -0.1) is 0 Å². The molecule has 2 N–H and O–H groups in total. The summed E-state index contributed by atoms with van der Waals surface area (Å²) in [5.41, 5.74) is 3.22. The van der Waals surface area contributed by atoms with Crippen LogP contribution < -0.4 is 0 Å². The second-order valence-electron chi connectivity index (χ2n) is 4.09. The zero-order chi connectivity index (χ0) is 10.3. The van der Waals surface area contributed by atoms with Gasteiger partial charge in [-0.05, 0) is 24.8 Å². The fourth-order valence-electron chi connectivity index (χ4n) is 2.36. The lowest BCUT2D eigenvalue weighted by Crippen LogP contribution is -2.10. The van der Waals surface area contributed by atoms with Gasteiger partial charge in [0.25, 0.3) is 0 Å². The Balaban J connectivity index is 2.32. The molecule has 1 aromatic rings. The van der Waals surface area contributed by atoms with Gasteiger partial charge >= 0.3 is 5.97 Å². The summed E-state index contributed by atoms with van der Waals surface area (Å²) in [6, 6.07) is 0. The fraction of sp³-hybridized carbons (Fsp3) is 0.600. The topological polar surface area (TPSA) is 66.0 Å². The molecule has 0 aromatic carbocycles. The molecule has 0 aliphatic heterocycles. The summed E-state index contributed by atoms with van der Waals surface area (Å²) in [6.45, 7) is 4.05. The average molecular weight is 194 g/mol. The van der Waals surface area contributed by atoms with Gasteiger partial charge in [-0.25, -0.2) is 0 Å². The van der Waals surface area contributed by atoms with Gasteiger partial charge in [0.2, 0.25) is 0 Å². The summed E-state index contributed by atoms with van der Waals surface area (Å²) < 4.78 is 0. The lowest BCUT2D eigenvalue weighted by atomic mass is 9.90. The molecule has 14 heavy (non-hydrogen) atoms. The lowest BCUT2D eigenvalue weighted by molar-refractivity contribution is -0.137. The van der Waals surface area contributed by atoms with E-state index in [1.807, 2.05) is 6.92 Å². The number of nitrogens with zero attached hydrogens (tertiary/aromatic N) is 1. The van der Waals surface area contributed by atoms with Crippen LogP contribution in [0.15, 0.2) is 0 Å². The molecule has 1 aromatic heterocycles. The van der Waals surface area contributed by atoms with E-state index in [2.05, 4.69) is 17.1 Å². The van der Waals surface area contributed by atoms with Crippen LogP contribution in [0.5, 0.6) is 0 Å². The van der Waals surface area contributed by atoms with Crippen molar-refractivity contribution in [2.75, 3.05) is 0 Å². The van der Waals surface area contributed by atoms with Crippen molar-refractivity contribution >= 4 is 5.97 Å². The number of carboxylic acids is 1. The third-order valence-corrected chi connectivity index (χ3v) is 3.04. The van der Waals surface area contributed by atoms with Crippen molar-refractivity contribution in [1.29, 1.82) is 0 Å². The highest BCUT2D eigenvalue weighted by molar-refractivity contribution is 5.68. The Kier molecular flexibility index (Phi) is 2.06. The number of hydrogen-bond donors (Lipinski definition) is 2. The van der Waals surface area contributed by atoms with Crippen LogP contribution in [0.1, 0.15) is 36.2 Å². The van der Waals surface area contributed by atoms with Gasteiger partial charge in [0, 0.05) is 11.6 Å². The molecule has 76 valence electrons. The minimum atomic E-state index is -0.727. The third-order valence-electron chi connectivity index (χ3n) is 3.04. The van der Waals surface area contributed by atoms with E-state index in [-0.39, 0.29) is 12.3 Å². The molecule has 0 saturated heterocycles. The smallest absolute Gasteiger partial charge is 0.303 e. The summed E-state index contributed by atoms with van der Waals surface area (Å²) in [6.07, 6.45) is 1.12. The van der Waals surface area contributed by atoms with Crippen molar-refractivity contribution in [3.8, 4) is 0 Å². The number of aromatic nitrogens is 2. The minimum Gasteiger partial charge on any atom is -0.481 e. The largest absolute Gasteiger partial charge is 0.481 e. The van der Waals surface area contributed by atoms with Crippen molar-refractivity contribution < 1.29 is 9.90 Å². The molecule has 2 rings (SSSR count). The van der Waals surface area contributed by atoms with E-state index in [4.69, 9.17) is 5.11 Å². The van der Waals surface area contributed by atoms with Gasteiger partial charge in [0.15, 0.2) is 0 Å². The molecule has 4 heteroatoms. The lowest BCUT2D eigenvalue weighted by Gasteiger charge is -2.13. The first-order valence-corrected chi connectivity index (χ1v) is 4.85.